The molecule has 0 spiro atoms. The number of nitrogens with zero attached hydrogens (tertiary/aromatic N) is 3. The van der Waals surface area contributed by atoms with E-state index in [0.29, 0.717) is 29.7 Å². The second-order valence-electron chi connectivity index (χ2n) is 7.88. The fourth-order valence-electron chi connectivity index (χ4n) is 3.62. The number of carbonyl (C=O) groups excluding carboxylic acids is 1. The van der Waals surface area contributed by atoms with Crippen LogP contribution in [0.1, 0.15) is 68.8 Å². The molecule has 1 aliphatic carbocycles. The van der Waals surface area contributed by atoms with E-state index in [-0.39, 0.29) is 18.8 Å². The molecule has 2 aromatic heterocycles. The minimum absolute atomic E-state index is 0.0964. The molecule has 166 valence electrons. The summed E-state index contributed by atoms with van der Waals surface area (Å²) in [6.45, 7) is 1.64. The lowest BCUT2D eigenvalue weighted by molar-refractivity contribution is -0.144. The van der Waals surface area contributed by atoms with Crippen molar-refractivity contribution in [2.75, 3.05) is 0 Å². The lowest BCUT2D eigenvalue weighted by Gasteiger charge is -2.31. The molecule has 1 saturated carbocycles. The van der Waals surface area contributed by atoms with Crippen LogP contribution in [0.25, 0.3) is 5.65 Å². The molecular formula is C19H24F5N5O. The lowest BCUT2D eigenvalue weighted by Crippen LogP contribution is -2.31. The van der Waals surface area contributed by atoms with E-state index in [1.54, 1.807) is 19.2 Å². The maximum atomic E-state index is 13.4. The summed E-state index contributed by atoms with van der Waals surface area (Å²) in [6.07, 6.45) is -2.82. The van der Waals surface area contributed by atoms with Crippen molar-refractivity contribution in [3.63, 3.8) is 0 Å². The Labute approximate surface area is 170 Å². The predicted octanol–water partition coefficient (Wildman–Crippen LogP) is 4.07. The van der Waals surface area contributed by atoms with Crippen molar-refractivity contribution in [3.05, 3.63) is 29.7 Å². The zero-order chi connectivity index (χ0) is 22.1. The van der Waals surface area contributed by atoms with Crippen molar-refractivity contribution in [2.45, 2.75) is 69.6 Å². The quantitative estimate of drug-likeness (QED) is 0.673. The SMILES string of the molecule is C[C@H](NC(=O)CCC(F)(F)F)c1cnn2cc([C@@H](N)C3CCC(F)(F)CC3)nc2c1. The number of halogens is 5. The van der Waals surface area contributed by atoms with Gasteiger partial charge in [-0.05, 0) is 37.3 Å². The van der Waals surface area contributed by atoms with Crippen LogP contribution in [0.4, 0.5) is 22.0 Å². The molecule has 0 unspecified atom stereocenters. The second-order valence-corrected chi connectivity index (χ2v) is 7.88. The third kappa shape index (κ3) is 5.65. The molecule has 0 aliphatic heterocycles. The third-order valence-corrected chi connectivity index (χ3v) is 5.48. The van der Waals surface area contributed by atoms with Crippen molar-refractivity contribution in [2.24, 2.45) is 11.7 Å². The van der Waals surface area contributed by atoms with E-state index in [9.17, 15) is 26.7 Å². The molecule has 30 heavy (non-hydrogen) atoms. The van der Waals surface area contributed by atoms with Gasteiger partial charge in [0.1, 0.15) is 0 Å². The summed E-state index contributed by atoms with van der Waals surface area (Å²) in [6, 6.07) is 0.607. The van der Waals surface area contributed by atoms with Crippen LogP contribution < -0.4 is 11.1 Å². The van der Waals surface area contributed by atoms with Gasteiger partial charge in [0, 0.05) is 19.3 Å². The number of nitrogens with two attached hydrogens (primary N) is 1. The standard InChI is InChI=1S/C19H24F5N5O/c1-11(27-16(30)4-7-19(22,23)24)13-8-15-28-14(10-29(15)26-9-13)17(25)12-2-5-18(20,21)6-3-12/h8-12,17H,2-7,25H2,1H3,(H,27,30)/t11-,17-/m0/s1. The van der Waals surface area contributed by atoms with E-state index < -0.39 is 42.9 Å². The average Bonchev–Trinajstić information content (AvgIpc) is 3.08. The highest BCUT2D eigenvalue weighted by atomic mass is 19.4. The minimum Gasteiger partial charge on any atom is -0.350 e. The summed E-state index contributed by atoms with van der Waals surface area (Å²) in [5, 5.41) is 6.72. The van der Waals surface area contributed by atoms with E-state index in [0.717, 1.165) is 0 Å². The zero-order valence-electron chi connectivity index (χ0n) is 16.4. The first-order chi connectivity index (χ1) is 13.9. The van der Waals surface area contributed by atoms with Gasteiger partial charge in [-0.15, -0.1) is 0 Å². The first-order valence-corrected chi connectivity index (χ1v) is 9.78. The summed E-state index contributed by atoms with van der Waals surface area (Å²) in [7, 11) is 0. The molecule has 3 N–H and O–H groups in total. The van der Waals surface area contributed by atoms with Gasteiger partial charge in [-0.25, -0.2) is 18.3 Å². The molecule has 3 rings (SSSR count). The molecule has 0 bridgehead atoms. The number of rotatable bonds is 6. The largest absolute Gasteiger partial charge is 0.389 e. The first-order valence-electron chi connectivity index (χ1n) is 9.78. The van der Waals surface area contributed by atoms with Crippen molar-refractivity contribution in [1.29, 1.82) is 0 Å². The molecule has 1 aliphatic rings. The Balaban J connectivity index is 1.66. The summed E-state index contributed by atoms with van der Waals surface area (Å²) >= 11 is 0. The van der Waals surface area contributed by atoms with Gasteiger partial charge in [-0.3, -0.25) is 4.79 Å². The van der Waals surface area contributed by atoms with Crippen LogP contribution in [0.15, 0.2) is 18.5 Å². The summed E-state index contributed by atoms with van der Waals surface area (Å²) in [5.41, 5.74) is 7.82. The van der Waals surface area contributed by atoms with Crippen LogP contribution in [-0.4, -0.2) is 32.6 Å². The van der Waals surface area contributed by atoms with Gasteiger partial charge in [0.2, 0.25) is 11.8 Å². The topological polar surface area (TPSA) is 85.3 Å². The molecule has 0 aromatic carbocycles. The summed E-state index contributed by atoms with van der Waals surface area (Å²) in [4.78, 5) is 16.2. The van der Waals surface area contributed by atoms with Crippen LogP contribution in [0.2, 0.25) is 0 Å². The van der Waals surface area contributed by atoms with Crippen molar-refractivity contribution in [3.8, 4) is 0 Å². The summed E-state index contributed by atoms with van der Waals surface area (Å²) in [5.74, 6) is -3.44. The molecular weight excluding hydrogens is 409 g/mol. The van der Waals surface area contributed by atoms with Gasteiger partial charge in [-0.1, -0.05) is 0 Å². The van der Waals surface area contributed by atoms with Crippen LogP contribution >= 0.6 is 0 Å². The van der Waals surface area contributed by atoms with Gasteiger partial charge in [0.15, 0.2) is 5.65 Å². The lowest BCUT2D eigenvalue weighted by atomic mass is 9.81. The molecule has 11 heteroatoms. The number of alkyl halides is 5. The molecule has 6 nitrogen and oxygen atoms in total. The molecule has 2 heterocycles. The molecule has 1 amide bonds. The van der Waals surface area contributed by atoms with E-state index in [1.165, 1.54) is 10.7 Å². The Bertz CT molecular complexity index is 887. The van der Waals surface area contributed by atoms with Gasteiger partial charge in [0.25, 0.3) is 0 Å². The maximum absolute atomic E-state index is 13.4. The number of hydrogen-bond acceptors (Lipinski definition) is 4. The number of aromatic nitrogens is 3. The highest BCUT2D eigenvalue weighted by molar-refractivity contribution is 5.76. The highest BCUT2D eigenvalue weighted by Gasteiger charge is 2.37. The van der Waals surface area contributed by atoms with Gasteiger partial charge in [0.05, 0.1) is 36.6 Å². The van der Waals surface area contributed by atoms with Crippen LogP contribution in [-0.2, 0) is 4.79 Å². The number of hydrogen-bond donors (Lipinski definition) is 2. The smallest absolute Gasteiger partial charge is 0.350 e. The Morgan fingerprint density at radius 3 is 2.67 bits per heavy atom. The Morgan fingerprint density at radius 2 is 2.03 bits per heavy atom. The zero-order valence-corrected chi connectivity index (χ0v) is 16.4. The highest BCUT2D eigenvalue weighted by Crippen LogP contribution is 2.40. The van der Waals surface area contributed by atoms with E-state index in [4.69, 9.17) is 5.73 Å². The van der Waals surface area contributed by atoms with Crippen molar-refractivity contribution >= 4 is 11.6 Å². The molecule has 0 saturated heterocycles. The van der Waals surface area contributed by atoms with Crippen LogP contribution in [0.5, 0.6) is 0 Å². The fraction of sp³-hybridized carbons (Fsp3) is 0.632. The second kappa shape index (κ2) is 8.44. The predicted molar refractivity (Wildman–Crippen MR) is 98.7 cm³/mol. The van der Waals surface area contributed by atoms with Gasteiger partial charge in [-0.2, -0.15) is 18.3 Å². The number of fused-ring (bicyclic) bond motifs is 1. The Hall–Kier alpha value is -2.30. The molecule has 0 radical (unpaired) electrons. The molecule has 2 atom stereocenters. The number of amides is 1. The van der Waals surface area contributed by atoms with Gasteiger partial charge < -0.3 is 11.1 Å². The average molecular weight is 433 g/mol. The van der Waals surface area contributed by atoms with E-state index in [2.05, 4.69) is 15.4 Å². The fourth-order valence-corrected chi connectivity index (χ4v) is 3.62. The number of carbonyl (C=O) groups is 1. The molecule has 1 fully saturated rings. The van der Waals surface area contributed by atoms with Crippen molar-refractivity contribution < 1.29 is 26.7 Å². The monoisotopic (exact) mass is 433 g/mol. The summed E-state index contributed by atoms with van der Waals surface area (Å²) < 4.78 is 65.0. The van der Waals surface area contributed by atoms with Crippen molar-refractivity contribution in [1.82, 2.24) is 19.9 Å². The number of imidazole rings is 1. The maximum Gasteiger partial charge on any atom is 0.389 e. The number of nitrogens with one attached hydrogen (secondary N) is 1. The van der Waals surface area contributed by atoms with Crippen LogP contribution in [0, 0.1) is 5.92 Å². The van der Waals surface area contributed by atoms with E-state index >= 15 is 0 Å². The Morgan fingerprint density at radius 1 is 1.37 bits per heavy atom. The van der Waals surface area contributed by atoms with Crippen LogP contribution in [0.3, 0.4) is 0 Å². The molecule has 2 aromatic rings. The first kappa shape index (κ1) is 22.4. The Kier molecular flexibility index (Phi) is 6.30. The third-order valence-electron chi connectivity index (χ3n) is 5.48. The minimum atomic E-state index is -4.39. The van der Waals surface area contributed by atoms with E-state index in [1.807, 2.05) is 0 Å². The van der Waals surface area contributed by atoms with Gasteiger partial charge >= 0.3 is 6.18 Å². The normalized spacial score (nSPS) is 19.6.